The highest BCUT2D eigenvalue weighted by Gasteiger charge is 2.43. The summed E-state index contributed by atoms with van der Waals surface area (Å²) < 4.78 is 5.29. The van der Waals surface area contributed by atoms with Crippen LogP contribution in [0, 0.1) is 6.92 Å². The van der Waals surface area contributed by atoms with Crippen LogP contribution in [0.5, 0.6) is 0 Å². The Balaban J connectivity index is 2.03. The first kappa shape index (κ1) is 13.5. The molecule has 1 aliphatic carbocycles. The predicted octanol–water partition coefficient (Wildman–Crippen LogP) is 2.07. The zero-order valence-corrected chi connectivity index (χ0v) is 11.7. The van der Waals surface area contributed by atoms with Gasteiger partial charge in [0.05, 0.1) is 11.8 Å². The van der Waals surface area contributed by atoms with E-state index in [1.165, 1.54) is 0 Å². The molecule has 0 aromatic carbocycles. The number of rotatable bonds is 5. The molecule has 1 amide bonds. The van der Waals surface area contributed by atoms with E-state index in [0.29, 0.717) is 5.25 Å². The first-order chi connectivity index (χ1) is 8.57. The third kappa shape index (κ3) is 2.57. The number of aryl methyl sites for hydroxylation is 1. The highest BCUT2D eigenvalue weighted by Crippen LogP contribution is 2.41. The number of nitrogens with two attached hydrogens (primary N) is 1. The second-order valence-corrected chi connectivity index (χ2v) is 6.14. The van der Waals surface area contributed by atoms with Gasteiger partial charge in [-0.2, -0.15) is 0 Å². The van der Waals surface area contributed by atoms with Crippen LogP contribution in [0.25, 0.3) is 0 Å². The Kier molecular flexibility index (Phi) is 4.02. The van der Waals surface area contributed by atoms with Crippen LogP contribution in [0.4, 0.5) is 0 Å². The van der Waals surface area contributed by atoms with Crippen molar-refractivity contribution in [2.75, 3.05) is 6.54 Å². The predicted molar refractivity (Wildman–Crippen MR) is 72.5 cm³/mol. The van der Waals surface area contributed by atoms with Crippen LogP contribution in [0.1, 0.15) is 31.9 Å². The highest BCUT2D eigenvalue weighted by atomic mass is 32.2. The molecule has 0 saturated heterocycles. The molecule has 1 aromatic rings. The van der Waals surface area contributed by atoms with Crippen LogP contribution in [0.3, 0.4) is 0 Å². The van der Waals surface area contributed by atoms with E-state index in [2.05, 4.69) is 5.32 Å². The second kappa shape index (κ2) is 5.36. The molecule has 1 aliphatic rings. The summed E-state index contributed by atoms with van der Waals surface area (Å²) in [6, 6.07) is 1.98. The van der Waals surface area contributed by atoms with Crippen molar-refractivity contribution in [3.8, 4) is 0 Å². The van der Waals surface area contributed by atoms with Crippen molar-refractivity contribution in [1.82, 2.24) is 5.32 Å². The van der Waals surface area contributed by atoms with Gasteiger partial charge in [-0.05, 0) is 38.8 Å². The van der Waals surface area contributed by atoms with Crippen molar-refractivity contribution >= 4 is 17.7 Å². The summed E-state index contributed by atoms with van der Waals surface area (Å²) in [5.41, 5.74) is 5.05. The molecule has 1 saturated carbocycles. The van der Waals surface area contributed by atoms with Gasteiger partial charge in [-0.1, -0.05) is 6.92 Å². The fourth-order valence-electron chi connectivity index (χ4n) is 2.59. The number of primary amides is 1. The van der Waals surface area contributed by atoms with Crippen LogP contribution >= 0.6 is 11.8 Å². The molecule has 4 nitrogen and oxygen atoms in total. The molecule has 0 radical (unpaired) electrons. The fraction of sp³-hybridized carbons (Fsp3) is 0.615. The molecule has 0 aliphatic heterocycles. The standard InChI is InChI=1S/C13H20N2O2S/c1-3-15-13(12(14)16)6-4-10(8-13)18-11-5-7-17-9(11)2/h5,7,10,15H,3-4,6,8H2,1-2H3,(H2,14,16). The Morgan fingerprint density at radius 1 is 1.72 bits per heavy atom. The zero-order valence-electron chi connectivity index (χ0n) is 10.9. The summed E-state index contributed by atoms with van der Waals surface area (Å²) in [6.45, 7) is 4.74. The molecule has 1 aromatic heterocycles. The lowest BCUT2D eigenvalue weighted by molar-refractivity contribution is -0.124. The first-order valence-corrected chi connectivity index (χ1v) is 7.21. The van der Waals surface area contributed by atoms with E-state index in [9.17, 15) is 4.79 Å². The Morgan fingerprint density at radius 3 is 3.06 bits per heavy atom. The van der Waals surface area contributed by atoms with Gasteiger partial charge >= 0.3 is 0 Å². The normalized spacial score (nSPS) is 27.6. The molecule has 1 fully saturated rings. The highest BCUT2D eigenvalue weighted by molar-refractivity contribution is 8.00. The van der Waals surface area contributed by atoms with E-state index in [1.807, 2.05) is 19.9 Å². The van der Waals surface area contributed by atoms with Gasteiger partial charge in [-0.25, -0.2) is 0 Å². The maximum atomic E-state index is 11.7. The summed E-state index contributed by atoms with van der Waals surface area (Å²) in [5.74, 6) is 0.719. The molecule has 18 heavy (non-hydrogen) atoms. The topological polar surface area (TPSA) is 68.3 Å². The molecule has 100 valence electrons. The monoisotopic (exact) mass is 268 g/mol. The number of likely N-dealkylation sites (N-methyl/N-ethyl adjacent to an activating group) is 1. The number of amides is 1. The molecule has 2 unspecified atom stereocenters. The number of hydrogen-bond acceptors (Lipinski definition) is 4. The molecule has 3 N–H and O–H groups in total. The van der Waals surface area contributed by atoms with E-state index in [-0.39, 0.29) is 5.91 Å². The lowest BCUT2D eigenvalue weighted by Crippen LogP contribution is -2.53. The van der Waals surface area contributed by atoms with Gasteiger partial charge in [0.15, 0.2) is 0 Å². The minimum Gasteiger partial charge on any atom is -0.468 e. The number of furan rings is 1. The van der Waals surface area contributed by atoms with Gasteiger partial charge in [-0.3, -0.25) is 4.79 Å². The Hall–Kier alpha value is -0.940. The van der Waals surface area contributed by atoms with Crippen molar-refractivity contribution in [1.29, 1.82) is 0 Å². The van der Waals surface area contributed by atoms with Gasteiger partial charge in [0.2, 0.25) is 5.91 Å². The van der Waals surface area contributed by atoms with Crippen molar-refractivity contribution < 1.29 is 9.21 Å². The lowest BCUT2D eigenvalue weighted by Gasteiger charge is -2.26. The molecule has 0 spiro atoms. The average Bonchev–Trinajstić information content (AvgIpc) is 2.89. The molecule has 2 rings (SSSR count). The molecule has 0 bridgehead atoms. The third-order valence-corrected chi connectivity index (χ3v) is 4.97. The third-order valence-electron chi connectivity index (χ3n) is 3.56. The molecule has 5 heteroatoms. The van der Waals surface area contributed by atoms with Crippen molar-refractivity contribution in [2.45, 2.75) is 48.8 Å². The van der Waals surface area contributed by atoms with Gasteiger partial charge < -0.3 is 15.5 Å². The largest absolute Gasteiger partial charge is 0.468 e. The minimum absolute atomic E-state index is 0.226. The zero-order chi connectivity index (χ0) is 13.2. The summed E-state index contributed by atoms with van der Waals surface area (Å²) in [5, 5.41) is 3.69. The maximum Gasteiger partial charge on any atom is 0.237 e. The SMILES string of the molecule is CCNC1(C(N)=O)CCC(Sc2ccoc2C)C1. The molecular formula is C13H20N2O2S. The van der Waals surface area contributed by atoms with Gasteiger partial charge in [0.25, 0.3) is 0 Å². The van der Waals surface area contributed by atoms with Crippen LogP contribution in [-0.2, 0) is 4.79 Å². The summed E-state index contributed by atoms with van der Waals surface area (Å²) in [6.07, 6.45) is 4.33. The van der Waals surface area contributed by atoms with E-state index >= 15 is 0 Å². The number of hydrogen-bond donors (Lipinski definition) is 2. The fourth-order valence-corrected chi connectivity index (χ4v) is 3.90. The number of carbonyl (C=O) groups is 1. The lowest BCUT2D eigenvalue weighted by atomic mass is 9.97. The number of thioether (sulfide) groups is 1. The second-order valence-electron chi connectivity index (χ2n) is 4.80. The summed E-state index contributed by atoms with van der Waals surface area (Å²) >= 11 is 1.79. The van der Waals surface area contributed by atoms with Crippen LogP contribution in [0.2, 0.25) is 0 Å². The number of nitrogens with one attached hydrogen (secondary N) is 1. The van der Waals surface area contributed by atoms with Crippen LogP contribution in [-0.4, -0.2) is 23.2 Å². The van der Waals surface area contributed by atoms with E-state index in [1.54, 1.807) is 18.0 Å². The maximum absolute atomic E-state index is 11.7. The summed E-state index contributed by atoms with van der Waals surface area (Å²) in [4.78, 5) is 12.8. The first-order valence-electron chi connectivity index (χ1n) is 6.33. The van der Waals surface area contributed by atoms with E-state index < -0.39 is 5.54 Å². The Labute approximate surface area is 112 Å². The van der Waals surface area contributed by atoms with Crippen LogP contribution < -0.4 is 11.1 Å². The van der Waals surface area contributed by atoms with Crippen molar-refractivity contribution in [3.05, 3.63) is 18.1 Å². The van der Waals surface area contributed by atoms with Gasteiger partial charge in [-0.15, -0.1) is 11.8 Å². The summed E-state index contributed by atoms with van der Waals surface area (Å²) in [7, 11) is 0. The number of carbonyl (C=O) groups excluding carboxylic acids is 1. The molecule has 1 heterocycles. The molecular weight excluding hydrogens is 248 g/mol. The van der Waals surface area contributed by atoms with Crippen LogP contribution in [0.15, 0.2) is 21.6 Å². The van der Waals surface area contributed by atoms with E-state index in [4.69, 9.17) is 10.2 Å². The Morgan fingerprint density at radius 2 is 2.50 bits per heavy atom. The molecule has 2 atom stereocenters. The average molecular weight is 268 g/mol. The van der Waals surface area contributed by atoms with Crippen molar-refractivity contribution in [3.63, 3.8) is 0 Å². The quantitative estimate of drug-likeness (QED) is 0.857. The van der Waals surface area contributed by atoms with E-state index in [0.717, 1.165) is 36.5 Å². The Bertz CT molecular complexity index is 432. The van der Waals surface area contributed by atoms with Gasteiger partial charge in [0, 0.05) is 10.1 Å². The smallest absolute Gasteiger partial charge is 0.237 e. The minimum atomic E-state index is -0.510. The van der Waals surface area contributed by atoms with Crippen molar-refractivity contribution in [2.24, 2.45) is 5.73 Å². The van der Waals surface area contributed by atoms with Gasteiger partial charge in [0.1, 0.15) is 5.76 Å².